The van der Waals surface area contributed by atoms with Crippen LogP contribution in [0.4, 0.5) is 34.1 Å². The predicted molar refractivity (Wildman–Crippen MR) is 217 cm³/mol. The minimum absolute atomic E-state index is 0.0706. The van der Waals surface area contributed by atoms with Gasteiger partial charge in [0.1, 0.15) is 11.5 Å². The minimum atomic E-state index is 0.0706. The summed E-state index contributed by atoms with van der Waals surface area (Å²) >= 11 is 1.86. The number of anilines is 6. The van der Waals surface area contributed by atoms with Gasteiger partial charge in [-0.3, -0.25) is 0 Å². The van der Waals surface area contributed by atoms with Gasteiger partial charge in [0.05, 0.1) is 5.69 Å². The first-order chi connectivity index (χ1) is 25.3. The first-order valence-electron chi connectivity index (χ1n) is 17.4. The lowest BCUT2D eigenvalue weighted by Crippen LogP contribution is -2.59. The molecule has 0 radical (unpaired) electrons. The maximum absolute atomic E-state index is 6.84. The first-order valence-corrected chi connectivity index (χ1v) is 18.2. The molecule has 0 unspecified atom stereocenters. The fourth-order valence-corrected chi connectivity index (χ4v) is 9.46. The molecule has 0 aliphatic carbocycles. The third kappa shape index (κ3) is 4.32. The van der Waals surface area contributed by atoms with E-state index in [4.69, 9.17) is 4.74 Å². The number of para-hydroxylation sites is 3. The Labute approximate surface area is 300 Å². The molecule has 3 nitrogen and oxygen atoms in total. The van der Waals surface area contributed by atoms with E-state index in [1.165, 1.54) is 58.7 Å². The fraction of sp³-hybridized carbons (Fsp3) is 0. The molecule has 9 aromatic rings. The zero-order valence-corrected chi connectivity index (χ0v) is 28.3. The van der Waals surface area contributed by atoms with Gasteiger partial charge in [-0.1, -0.05) is 103 Å². The highest BCUT2D eigenvalue weighted by molar-refractivity contribution is 7.26. The first kappa shape index (κ1) is 28.5. The molecule has 11 rings (SSSR count). The lowest BCUT2D eigenvalue weighted by molar-refractivity contribution is 0.488. The van der Waals surface area contributed by atoms with Gasteiger partial charge < -0.3 is 14.5 Å². The molecule has 0 fully saturated rings. The Morgan fingerprint density at radius 3 is 2.12 bits per heavy atom. The van der Waals surface area contributed by atoms with Crippen LogP contribution in [0.5, 0.6) is 11.5 Å². The van der Waals surface area contributed by atoms with Gasteiger partial charge in [0.15, 0.2) is 0 Å². The van der Waals surface area contributed by atoms with Crippen molar-refractivity contribution in [2.24, 2.45) is 0 Å². The van der Waals surface area contributed by atoms with E-state index >= 15 is 0 Å². The van der Waals surface area contributed by atoms with E-state index in [9.17, 15) is 0 Å². The number of hydrogen-bond donors (Lipinski definition) is 0. The molecule has 0 saturated heterocycles. The number of hydrogen-bond acceptors (Lipinski definition) is 4. The van der Waals surface area contributed by atoms with Gasteiger partial charge in [-0.15, -0.1) is 11.3 Å². The van der Waals surface area contributed by atoms with Gasteiger partial charge >= 0.3 is 0 Å². The minimum Gasteiger partial charge on any atom is -0.458 e. The molecule has 238 valence electrons. The van der Waals surface area contributed by atoms with Crippen LogP contribution in [-0.4, -0.2) is 6.71 Å². The van der Waals surface area contributed by atoms with Crippen molar-refractivity contribution in [2.75, 3.05) is 9.80 Å². The summed E-state index contributed by atoms with van der Waals surface area (Å²) < 4.78 is 9.36. The number of benzene rings is 8. The fourth-order valence-electron chi connectivity index (χ4n) is 8.29. The van der Waals surface area contributed by atoms with Gasteiger partial charge in [0.2, 0.25) is 0 Å². The SMILES string of the molecule is c1ccc(N2c3ccccc3B3c4cc5sc6cc(N(c7ccccc7)c7cccc8ccccc78)ccc6c5cc4Oc4cccc2c43)cc1. The third-order valence-electron chi connectivity index (χ3n) is 10.5. The second kappa shape index (κ2) is 11.1. The molecule has 0 bridgehead atoms. The van der Waals surface area contributed by atoms with Crippen molar-refractivity contribution in [3.8, 4) is 11.5 Å². The predicted octanol–water partition coefficient (Wildman–Crippen LogP) is 11.1. The average Bonchev–Trinajstić information content (AvgIpc) is 3.54. The van der Waals surface area contributed by atoms with Crippen molar-refractivity contribution in [1.29, 1.82) is 0 Å². The number of fused-ring (bicyclic) bond motifs is 8. The van der Waals surface area contributed by atoms with Crippen LogP contribution in [0, 0.1) is 0 Å². The summed E-state index contributed by atoms with van der Waals surface area (Å²) in [5.41, 5.74) is 10.7. The largest absolute Gasteiger partial charge is 0.458 e. The van der Waals surface area contributed by atoms with Crippen molar-refractivity contribution in [3.63, 3.8) is 0 Å². The zero-order valence-electron chi connectivity index (χ0n) is 27.5. The molecule has 0 N–H and O–H groups in total. The van der Waals surface area contributed by atoms with Crippen LogP contribution < -0.4 is 30.9 Å². The summed E-state index contributed by atoms with van der Waals surface area (Å²) in [6.07, 6.45) is 0. The van der Waals surface area contributed by atoms with Crippen LogP contribution in [0.3, 0.4) is 0 Å². The lowest BCUT2D eigenvalue weighted by atomic mass is 9.34. The summed E-state index contributed by atoms with van der Waals surface area (Å²) in [6, 6.07) is 63.5. The van der Waals surface area contributed by atoms with Crippen LogP contribution in [0.25, 0.3) is 30.9 Å². The Morgan fingerprint density at radius 2 is 1.22 bits per heavy atom. The standard InChI is InChI=1S/C46H29BN2OS/c1-3-15-31(16-4-1)48(39-22-11-14-30-13-7-8-19-34(30)39)33-25-26-35-36-28-43-38(29-45(36)51-44(35)27-33)47-37-20-9-10-21-40(37)49(32-17-5-2-6-18-32)41-23-12-24-42(50-43)46(41)47/h1-29H. The Balaban J connectivity index is 1.09. The van der Waals surface area contributed by atoms with Crippen molar-refractivity contribution in [3.05, 3.63) is 176 Å². The van der Waals surface area contributed by atoms with Gasteiger partial charge in [0, 0.05) is 54.0 Å². The monoisotopic (exact) mass is 668 g/mol. The molecular formula is C46H29BN2OS. The second-order valence-electron chi connectivity index (χ2n) is 13.3. The van der Waals surface area contributed by atoms with Crippen molar-refractivity contribution in [1.82, 2.24) is 0 Å². The normalized spacial score (nSPS) is 12.8. The molecule has 0 atom stereocenters. The Bertz CT molecular complexity index is 2810. The molecule has 0 amide bonds. The number of thiophene rings is 1. The Kier molecular flexibility index (Phi) is 6.22. The molecule has 51 heavy (non-hydrogen) atoms. The van der Waals surface area contributed by atoms with Crippen LogP contribution >= 0.6 is 11.3 Å². The topological polar surface area (TPSA) is 15.7 Å². The molecule has 3 heterocycles. The van der Waals surface area contributed by atoms with Crippen molar-refractivity contribution >= 4 is 99.5 Å². The van der Waals surface area contributed by atoms with Crippen LogP contribution in [0.2, 0.25) is 0 Å². The van der Waals surface area contributed by atoms with Crippen molar-refractivity contribution < 1.29 is 4.74 Å². The Hall–Kier alpha value is -6.30. The van der Waals surface area contributed by atoms with E-state index in [0.29, 0.717) is 0 Å². The summed E-state index contributed by atoms with van der Waals surface area (Å²) in [6.45, 7) is 0.0706. The van der Waals surface area contributed by atoms with Gasteiger partial charge in [0.25, 0.3) is 6.71 Å². The maximum atomic E-state index is 6.84. The van der Waals surface area contributed by atoms with E-state index in [2.05, 4.69) is 186 Å². The highest BCUT2D eigenvalue weighted by atomic mass is 32.1. The molecule has 1 aromatic heterocycles. The maximum Gasteiger partial charge on any atom is 0.256 e. The lowest BCUT2D eigenvalue weighted by Gasteiger charge is -2.39. The van der Waals surface area contributed by atoms with Gasteiger partial charge in [-0.2, -0.15) is 0 Å². The van der Waals surface area contributed by atoms with E-state index in [0.717, 1.165) is 34.2 Å². The molecule has 5 heteroatoms. The molecule has 2 aliphatic heterocycles. The van der Waals surface area contributed by atoms with Crippen LogP contribution in [0.15, 0.2) is 176 Å². The van der Waals surface area contributed by atoms with E-state index < -0.39 is 0 Å². The quantitative estimate of drug-likeness (QED) is 0.174. The number of rotatable bonds is 4. The average molecular weight is 669 g/mol. The van der Waals surface area contributed by atoms with Crippen LogP contribution in [-0.2, 0) is 0 Å². The van der Waals surface area contributed by atoms with Crippen molar-refractivity contribution in [2.45, 2.75) is 0 Å². The third-order valence-corrected chi connectivity index (χ3v) is 11.6. The van der Waals surface area contributed by atoms with E-state index in [-0.39, 0.29) is 6.71 Å². The molecule has 2 aliphatic rings. The highest BCUT2D eigenvalue weighted by Crippen LogP contribution is 2.45. The molecule has 0 spiro atoms. The summed E-state index contributed by atoms with van der Waals surface area (Å²) in [5.74, 6) is 1.86. The van der Waals surface area contributed by atoms with Gasteiger partial charge in [-0.25, -0.2) is 0 Å². The van der Waals surface area contributed by atoms with Gasteiger partial charge in [-0.05, 0) is 94.6 Å². The summed E-state index contributed by atoms with van der Waals surface area (Å²) in [4.78, 5) is 4.77. The molecule has 0 saturated carbocycles. The Morgan fingerprint density at radius 1 is 0.490 bits per heavy atom. The molecular weight excluding hydrogens is 639 g/mol. The van der Waals surface area contributed by atoms with E-state index in [1.54, 1.807) is 0 Å². The smallest absolute Gasteiger partial charge is 0.256 e. The highest BCUT2D eigenvalue weighted by Gasteiger charge is 2.41. The van der Waals surface area contributed by atoms with Crippen LogP contribution in [0.1, 0.15) is 0 Å². The number of nitrogens with zero attached hydrogens (tertiary/aromatic N) is 2. The summed E-state index contributed by atoms with van der Waals surface area (Å²) in [5, 5.41) is 4.92. The molecule has 8 aromatic carbocycles. The second-order valence-corrected chi connectivity index (χ2v) is 14.4. The summed E-state index contributed by atoms with van der Waals surface area (Å²) in [7, 11) is 0. The van der Waals surface area contributed by atoms with E-state index in [1.807, 2.05) is 11.3 Å². The zero-order chi connectivity index (χ0) is 33.5. The number of ether oxygens (including phenoxy) is 1.